The summed E-state index contributed by atoms with van der Waals surface area (Å²) in [6.07, 6.45) is 2.68. The number of halogens is 1. The van der Waals surface area contributed by atoms with Crippen LogP contribution in [0.25, 0.3) is 4.96 Å². The van der Waals surface area contributed by atoms with Crippen LogP contribution in [0, 0.1) is 6.92 Å². The Morgan fingerprint density at radius 3 is 3.05 bits per heavy atom. The molecule has 0 aliphatic carbocycles. The summed E-state index contributed by atoms with van der Waals surface area (Å²) in [6, 6.07) is 5.69. The van der Waals surface area contributed by atoms with E-state index in [-0.39, 0.29) is 0 Å². The Morgan fingerprint density at radius 2 is 2.30 bits per heavy atom. The SMILES string of the molecule is Cc1ccc(Oc2nc3sccn3c2CCN)c(Cl)c1. The first-order valence-corrected chi connectivity index (χ1v) is 7.53. The Hall–Kier alpha value is -1.56. The van der Waals surface area contributed by atoms with Gasteiger partial charge >= 0.3 is 0 Å². The molecule has 2 aromatic heterocycles. The van der Waals surface area contributed by atoms with E-state index in [1.807, 2.05) is 41.1 Å². The molecule has 0 aliphatic rings. The lowest BCUT2D eigenvalue weighted by Crippen LogP contribution is -2.05. The summed E-state index contributed by atoms with van der Waals surface area (Å²) in [6.45, 7) is 2.53. The third-order valence-corrected chi connectivity index (χ3v) is 4.05. The molecule has 0 saturated carbocycles. The van der Waals surface area contributed by atoms with Gasteiger partial charge in [-0.05, 0) is 31.2 Å². The molecule has 0 radical (unpaired) electrons. The first kappa shape index (κ1) is 13.4. The second-order valence-electron chi connectivity index (χ2n) is 4.49. The van der Waals surface area contributed by atoms with Crippen LogP contribution in [0.15, 0.2) is 29.8 Å². The number of nitrogens with zero attached hydrogens (tertiary/aromatic N) is 2. The van der Waals surface area contributed by atoms with Crippen molar-refractivity contribution in [3.8, 4) is 11.6 Å². The Kier molecular flexibility index (Phi) is 3.65. The predicted octanol–water partition coefficient (Wildman–Crippen LogP) is 3.65. The number of fused-ring (bicyclic) bond motifs is 1. The molecule has 0 amide bonds. The second-order valence-corrected chi connectivity index (χ2v) is 5.77. The summed E-state index contributed by atoms with van der Waals surface area (Å²) in [5, 5.41) is 2.57. The van der Waals surface area contributed by atoms with Crippen LogP contribution in [0.4, 0.5) is 0 Å². The van der Waals surface area contributed by atoms with Gasteiger partial charge in [0.2, 0.25) is 5.88 Å². The molecule has 2 heterocycles. The molecular formula is C14H14ClN3OS. The van der Waals surface area contributed by atoms with E-state index in [9.17, 15) is 0 Å². The molecule has 0 atom stereocenters. The molecule has 104 valence electrons. The van der Waals surface area contributed by atoms with Gasteiger partial charge in [0.25, 0.3) is 0 Å². The molecule has 4 nitrogen and oxygen atoms in total. The summed E-state index contributed by atoms with van der Waals surface area (Å²) in [4.78, 5) is 5.39. The van der Waals surface area contributed by atoms with Crippen LogP contribution in [0.5, 0.6) is 11.6 Å². The molecular weight excluding hydrogens is 294 g/mol. The van der Waals surface area contributed by atoms with Crippen LogP contribution < -0.4 is 10.5 Å². The van der Waals surface area contributed by atoms with Gasteiger partial charge in [-0.25, -0.2) is 0 Å². The van der Waals surface area contributed by atoms with Crippen molar-refractivity contribution in [2.45, 2.75) is 13.3 Å². The first-order chi connectivity index (χ1) is 9.69. The number of rotatable bonds is 4. The van der Waals surface area contributed by atoms with Gasteiger partial charge in [-0.3, -0.25) is 4.40 Å². The molecule has 0 fully saturated rings. The maximum atomic E-state index is 6.20. The standard InChI is InChI=1S/C14H14ClN3OS/c1-9-2-3-12(10(15)8-9)19-13-11(4-5-16)18-6-7-20-14(18)17-13/h2-3,6-8H,4-5,16H2,1H3. The number of hydrogen-bond donors (Lipinski definition) is 1. The Labute approximate surface area is 125 Å². The number of aromatic nitrogens is 2. The van der Waals surface area contributed by atoms with E-state index >= 15 is 0 Å². The quantitative estimate of drug-likeness (QED) is 0.800. The van der Waals surface area contributed by atoms with Crippen LogP contribution in [0.2, 0.25) is 5.02 Å². The molecule has 0 unspecified atom stereocenters. The van der Waals surface area contributed by atoms with Crippen LogP contribution >= 0.6 is 22.9 Å². The van der Waals surface area contributed by atoms with Crippen LogP contribution in [-0.4, -0.2) is 15.9 Å². The number of aryl methyl sites for hydroxylation is 1. The fourth-order valence-corrected chi connectivity index (χ4v) is 3.05. The summed E-state index contributed by atoms with van der Waals surface area (Å²) in [5.41, 5.74) is 7.74. The van der Waals surface area contributed by atoms with Gasteiger partial charge in [-0.2, -0.15) is 4.98 Å². The highest BCUT2D eigenvalue weighted by atomic mass is 35.5. The summed E-state index contributed by atoms with van der Waals surface area (Å²) in [5.74, 6) is 1.19. The number of ether oxygens (including phenoxy) is 1. The summed E-state index contributed by atoms with van der Waals surface area (Å²) >= 11 is 7.76. The molecule has 0 bridgehead atoms. The highest BCUT2D eigenvalue weighted by Gasteiger charge is 2.15. The molecule has 0 aliphatic heterocycles. The van der Waals surface area contributed by atoms with E-state index in [0.717, 1.165) is 16.2 Å². The van der Waals surface area contributed by atoms with Crippen molar-refractivity contribution in [1.82, 2.24) is 9.38 Å². The van der Waals surface area contributed by atoms with Gasteiger partial charge in [0, 0.05) is 18.0 Å². The predicted molar refractivity (Wildman–Crippen MR) is 82.1 cm³/mol. The second kappa shape index (κ2) is 5.44. The minimum absolute atomic E-state index is 0.543. The van der Waals surface area contributed by atoms with Gasteiger partial charge in [-0.1, -0.05) is 17.7 Å². The Balaban J connectivity index is 2.01. The van der Waals surface area contributed by atoms with Crippen molar-refractivity contribution in [1.29, 1.82) is 0 Å². The number of thiazole rings is 1. The number of nitrogens with two attached hydrogens (primary N) is 1. The molecule has 3 aromatic rings. The van der Waals surface area contributed by atoms with Crippen molar-refractivity contribution in [2.75, 3.05) is 6.54 Å². The van der Waals surface area contributed by atoms with Crippen molar-refractivity contribution in [2.24, 2.45) is 5.73 Å². The minimum atomic E-state index is 0.543. The fraction of sp³-hybridized carbons (Fsp3) is 0.214. The average molecular weight is 308 g/mol. The maximum Gasteiger partial charge on any atom is 0.242 e. The number of imidazole rings is 1. The van der Waals surface area contributed by atoms with Crippen LogP contribution in [0.3, 0.4) is 0 Å². The Bertz CT molecular complexity index is 750. The van der Waals surface area contributed by atoms with Crippen LogP contribution in [-0.2, 0) is 6.42 Å². The molecule has 1 aromatic carbocycles. The van der Waals surface area contributed by atoms with Crippen molar-refractivity contribution >= 4 is 27.9 Å². The lowest BCUT2D eigenvalue weighted by Gasteiger charge is -2.07. The van der Waals surface area contributed by atoms with E-state index in [1.165, 1.54) is 0 Å². The van der Waals surface area contributed by atoms with Gasteiger partial charge in [-0.15, -0.1) is 11.3 Å². The smallest absolute Gasteiger partial charge is 0.242 e. The zero-order chi connectivity index (χ0) is 14.1. The monoisotopic (exact) mass is 307 g/mol. The third-order valence-electron chi connectivity index (χ3n) is 3.00. The van der Waals surface area contributed by atoms with Gasteiger partial charge in [0.05, 0.1) is 10.7 Å². The minimum Gasteiger partial charge on any atom is -0.436 e. The zero-order valence-corrected chi connectivity index (χ0v) is 12.5. The summed E-state index contributed by atoms with van der Waals surface area (Å²) < 4.78 is 7.89. The third kappa shape index (κ3) is 2.40. The zero-order valence-electron chi connectivity index (χ0n) is 11.0. The fourth-order valence-electron chi connectivity index (χ4n) is 2.05. The average Bonchev–Trinajstić information content (AvgIpc) is 2.96. The van der Waals surface area contributed by atoms with E-state index < -0.39 is 0 Å². The van der Waals surface area contributed by atoms with E-state index in [4.69, 9.17) is 22.1 Å². The molecule has 3 rings (SSSR count). The van der Waals surface area contributed by atoms with Crippen molar-refractivity contribution < 1.29 is 4.74 Å². The maximum absolute atomic E-state index is 6.20. The summed E-state index contributed by atoms with van der Waals surface area (Å²) in [7, 11) is 0. The highest BCUT2D eigenvalue weighted by Crippen LogP contribution is 2.32. The number of benzene rings is 1. The van der Waals surface area contributed by atoms with Crippen LogP contribution in [0.1, 0.15) is 11.3 Å². The lowest BCUT2D eigenvalue weighted by molar-refractivity contribution is 0.459. The number of hydrogen-bond acceptors (Lipinski definition) is 4. The van der Waals surface area contributed by atoms with E-state index in [0.29, 0.717) is 29.6 Å². The largest absolute Gasteiger partial charge is 0.436 e. The molecule has 2 N–H and O–H groups in total. The van der Waals surface area contributed by atoms with Gasteiger partial charge < -0.3 is 10.5 Å². The van der Waals surface area contributed by atoms with Gasteiger partial charge in [0.15, 0.2) is 4.96 Å². The molecule has 20 heavy (non-hydrogen) atoms. The normalized spacial score (nSPS) is 11.2. The lowest BCUT2D eigenvalue weighted by atomic mass is 10.2. The Morgan fingerprint density at radius 1 is 1.45 bits per heavy atom. The molecule has 6 heteroatoms. The first-order valence-electron chi connectivity index (χ1n) is 6.27. The van der Waals surface area contributed by atoms with E-state index in [2.05, 4.69) is 4.98 Å². The molecule has 0 saturated heterocycles. The van der Waals surface area contributed by atoms with E-state index in [1.54, 1.807) is 11.3 Å². The van der Waals surface area contributed by atoms with Crippen molar-refractivity contribution in [3.63, 3.8) is 0 Å². The van der Waals surface area contributed by atoms with Crippen molar-refractivity contribution in [3.05, 3.63) is 46.1 Å². The molecule has 0 spiro atoms. The van der Waals surface area contributed by atoms with Gasteiger partial charge in [0.1, 0.15) is 5.75 Å². The topological polar surface area (TPSA) is 52.5 Å². The highest BCUT2D eigenvalue weighted by molar-refractivity contribution is 7.15.